The van der Waals surface area contributed by atoms with Gasteiger partial charge in [0, 0.05) is 25.7 Å². The lowest BCUT2D eigenvalue weighted by Crippen LogP contribution is -2.46. The fourth-order valence-electron chi connectivity index (χ4n) is 2.89. The number of hydrogen-bond donors (Lipinski definition) is 1. The lowest BCUT2D eigenvalue weighted by atomic mass is 10.2. The van der Waals surface area contributed by atoms with Crippen LogP contribution in [0.5, 0.6) is 5.75 Å². The van der Waals surface area contributed by atoms with E-state index < -0.39 is 0 Å². The van der Waals surface area contributed by atoms with Gasteiger partial charge in [-0.15, -0.1) is 0 Å². The summed E-state index contributed by atoms with van der Waals surface area (Å²) in [5.74, 6) is 0.229. The minimum atomic E-state index is -0.229. The number of aromatic nitrogens is 2. The first-order chi connectivity index (χ1) is 12.2. The van der Waals surface area contributed by atoms with Gasteiger partial charge in [0.25, 0.3) is 5.91 Å². The van der Waals surface area contributed by atoms with Crippen LogP contribution in [0.15, 0.2) is 36.5 Å². The van der Waals surface area contributed by atoms with Crippen LogP contribution in [0.2, 0.25) is 0 Å². The van der Waals surface area contributed by atoms with Gasteiger partial charge in [0.2, 0.25) is 0 Å². The summed E-state index contributed by atoms with van der Waals surface area (Å²) in [6.07, 6.45) is 1.72. The Morgan fingerprint density at radius 1 is 1.32 bits per heavy atom. The van der Waals surface area contributed by atoms with E-state index in [4.69, 9.17) is 9.47 Å². The molecule has 1 amide bonds. The van der Waals surface area contributed by atoms with Crippen LogP contribution in [0.1, 0.15) is 17.4 Å². The van der Waals surface area contributed by atoms with Crippen molar-refractivity contribution in [3.8, 4) is 11.4 Å². The van der Waals surface area contributed by atoms with Crippen LogP contribution in [0, 0.1) is 0 Å². The topological polar surface area (TPSA) is 68.6 Å². The maximum atomic E-state index is 12.6. The van der Waals surface area contributed by atoms with Gasteiger partial charge in [-0.3, -0.25) is 9.69 Å². The number of ether oxygens (including phenoxy) is 2. The molecule has 1 atom stereocenters. The van der Waals surface area contributed by atoms with Crippen LogP contribution in [0.4, 0.5) is 0 Å². The summed E-state index contributed by atoms with van der Waals surface area (Å²) in [4.78, 5) is 14.9. The number of nitrogens with zero attached hydrogens (tertiary/aromatic N) is 3. The molecule has 134 valence electrons. The maximum Gasteiger partial charge on any atom is 0.275 e. The van der Waals surface area contributed by atoms with E-state index in [1.165, 1.54) is 0 Å². The summed E-state index contributed by atoms with van der Waals surface area (Å²) in [6.45, 7) is 6.06. The van der Waals surface area contributed by atoms with Crippen molar-refractivity contribution in [2.24, 2.45) is 0 Å². The molecule has 0 spiro atoms. The Morgan fingerprint density at radius 3 is 2.72 bits per heavy atom. The number of carbonyl (C=O) groups is 1. The normalized spacial score (nSPS) is 16.4. The SMILES string of the molecule is COc1cn(-c2ccccc2)nc1C(=O)NC(C)CN1CCOCC1. The number of benzene rings is 1. The second kappa shape index (κ2) is 8.13. The molecule has 1 aromatic heterocycles. The number of nitrogens with one attached hydrogen (secondary N) is 1. The first-order valence-corrected chi connectivity index (χ1v) is 8.47. The average molecular weight is 344 g/mol. The Hall–Kier alpha value is -2.38. The van der Waals surface area contributed by atoms with Crippen molar-refractivity contribution in [3.63, 3.8) is 0 Å². The third-order valence-corrected chi connectivity index (χ3v) is 4.15. The van der Waals surface area contributed by atoms with E-state index in [1.807, 2.05) is 37.3 Å². The first kappa shape index (κ1) is 17.4. The van der Waals surface area contributed by atoms with Crippen molar-refractivity contribution < 1.29 is 14.3 Å². The lowest BCUT2D eigenvalue weighted by molar-refractivity contribution is 0.0342. The fourth-order valence-corrected chi connectivity index (χ4v) is 2.89. The van der Waals surface area contributed by atoms with Crippen LogP contribution in [-0.4, -0.2) is 66.6 Å². The van der Waals surface area contributed by atoms with E-state index in [0.29, 0.717) is 11.4 Å². The highest BCUT2D eigenvalue weighted by Crippen LogP contribution is 2.19. The van der Waals surface area contributed by atoms with Crippen molar-refractivity contribution in [1.29, 1.82) is 0 Å². The lowest BCUT2D eigenvalue weighted by Gasteiger charge is -2.29. The highest BCUT2D eigenvalue weighted by atomic mass is 16.5. The number of rotatable bonds is 6. The highest BCUT2D eigenvalue weighted by molar-refractivity contribution is 5.95. The molecular weight excluding hydrogens is 320 g/mol. The van der Waals surface area contributed by atoms with Crippen molar-refractivity contribution in [2.75, 3.05) is 40.0 Å². The quantitative estimate of drug-likeness (QED) is 0.856. The van der Waals surface area contributed by atoms with E-state index in [9.17, 15) is 4.79 Å². The van der Waals surface area contributed by atoms with Crippen LogP contribution < -0.4 is 10.1 Å². The van der Waals surface area contributed by atoms with Crippen molar-refractivity contribution in [1.82, 2.24) is 20.0 Å². The summed E-state index contributed by atoms with van der Waals surface area (Å²) in [5.41, 5.74) is 1.17. The molecule has 1 fully saturated rings. The van der Waals surface area contributed by atoms with Crippen molar-refractivity contribution >= 4 is 5.91 Å². The Kier molecular flexibility index (Phi) is 5.67. The molecule has 0 saturated carbocycles. The van der Waals surface area contributed by atoms with Gasteiger partial charge in [-0.25, -0.2) is 4.68 Å². The zero-order valence-electron chi connectivity index (χ0n) is 14.6. The molecule has 1 unspecified atom stereocenters. The number of hydrogen-bond acceptors (Lipinski definition) is 5. The zero-order valence-corrected chi connectivity index (χ0v) is 14.6. The van der Waals surface area contributed by atoms with E-state index in [-0.39, 0.29) is 11.9 Å². The molecule has 1 saturated heterocycles. The molecule has 1 aliphatic heterocycles. The molecular formula is C18H24N4O3. The van der Waals surface area contributed by atoms with E-state index >= 15 is 0 Å². The predicted molar refractivity (Wildman–Crippen MR) is 94.3 cm³/mol. The minimum Gasteiger partial charge on any atom is -0.493 e. The molecule has 3 rings (SSSR count). The molecule has 0 aliphatic carbocycles. The molecule has 25 heavy (non-hydrogen) atoms. The second-order valence-electron chi connectivity index (χ2n) is 6.11. The summed E-state index contributed by atoms with van der Waals surface area (Å²) >= 11 is 0. The molecule has 2 aromatic rings. The zero-order chi connectivity index (χ0) is 17.6. The third kappa shape index (κ3) is 4.37. The Morgan fingerprint density at radius 2 is 2.04 bits per heavy atom. The molecule has 7 heteroatoms. The maximum absolute atomic E-state index is 12.6. The predicted octanol–water partition coefficient (Wildman–Crippen LogP) is 1.33. The summed E-state index contributed by atoms with van der Waals surface area (Å²) in [5, 5.41) is 7.40. The molecule has 2 heterocycles. The van der Waals surface area contributed by atoms with E-state index in [0.717, 1.165) is 38.5 Å². The summed E-state index contributed by atoms with van der Waals surface area (Å²) < 4.78 is 12.3. The largest absolute Gasteiger partial charge is 0.493 e. The van der Waals surface area contributed by atoms with Gasteiger partial charge in [-0.1, -0.05) is 18.2 Å². The molecule has 7 nitrogen and oxygen atoms in total. The van der Waals surface area contributed by atoms with Gasteiger partial charge in [0.1, 0.15) is 0 Å². The highest BCUT2D eigenvalue weighted by Gasteiger charge is 2.21. The van der Waals surface area contributed by atoms with Gasteiger partial charge in [0.05, 0.1) is 32.2 Å². The monoisotopic (exact) mass is 344 g/mol. The van der Waals surface area contributed by atoms with E-state index in [1.54, 1.807) is 18.0 Å². The Labute approximate surface area is 147 Å². The summed E-state index contributed by atoms with van der Waals surface area (Å²) in [7, 11) is 1.54. The Bertz CT molecular complexity index is 696. The molecule has 1 aliphatic rings. The van der Waals surface area contributed by atoms with Gasteiger partial charge in [0.15, 0.2) is 11.4 Å². The number of methoxy groups -OCH3 is 1. The van der Waals surface area contributed by atoms with Crippen LogP contribution in [-0.2, 0) is 4.74 Å². The Balaban J connectivity index is 1.67. The van der Waals surface area contributed by atoms with Gasteiger partial charge in [-0.2, -0.15) is 5.10 Å². The molecule has 0 bridgehead atoms. The van der Waals surface area contributed by atoms with Gasteiger partial charge in [-0.05, 0) is 19.1 Å². The fraction of sp³-hybridized carbons (Fsp3) is 0.444. The van der Waals surface area contributed by atoms with Crippen LogP contribution in [0.25, 0.3) is 5.69 Å². The first-order valence-electron chi connectivity index (χ1n) is 8.47. The molecule has 1 N–H and O–H groups in total. The van der Waals surface area contributed by atoms with Crippen molar-refractivity contribution in [2.45, 2.75) is 13.0 Å². The van der Waals surface area contributed by atoms with Crippen LogP contribution >= 0.6 is 0 Å². The van der Waals surface area contributed by atoms with Crippen LogP contribution in [0.3, 0.4) is 0 Å². The molecule has 0 radical (unpaired) electrons. The number of para-hydroxylation sites is 1. The number of carbonyl (C=O) groups excluding carboxylic acids is 1. The smallest absolute Gasteiger partial charge is 0.275 e. The van der Waals surface area contributed by atoms with Crippen molar-refractivity contribution in [3.05, 3.63) is 42.2 Å². The second-order valence-corrected chi connectivity index (χ2v) is 6.11. The standard InChI is InChI=1S/C18H24N4O3/c1-14(12-21-8-10-25-11-9-21)19-18(23)17-16(24-2)13-22(20-17)15-6-4-3-5-7-15/h3-7,13-14H,8-12H2,1-2H3,(H,19,23). The van der Waals surface area contributed by atoms with Gasteiger partial charge >= 0.3 is 0 Å². The summed E-state index contributed by atoms with van der Waals surface area (Å²) in [6, 6.07) is 9.65. The van der Waals surface area contributed by atoms with Gasteiger partial charge < -0.3 is 14.8 Å². The average Bonchev–Trinajstić information content (AvgIpc) is 3.08. The molecule has 1 aromatic carbocycles. The number of morpholine rings is 1. The third-order valence-electron chi connectivity index (χ3n) is 4.15. The minimum absolute atomic E-state index is 0.0113. The van der Waals surface area contributed by atoms with E-state index in [2.05, 4.69) is 15.3 Å². The number of amides is 1.